The number of nitrogens with zero attached hydrogens (tertiary/aromatic N) is 1. The Kier molecular flexibility index (Phi) is 7.02. The number of methoxy groups -OCH3 is 1. The summed E-state index contributed by atoms with van der Waals surface area (Å²) in [6, 6.07) is 24.7. The molecule has 0 unspecified atom stereocenters. The first-order valence-corrected chi connectivity index (χ1v) is 10.7. The first-order valence-electron chi connectivity index (χ1n) is 10.7. The van der Waals surface area contributed by atoms with E-state index in [1.165, 1.54) is 7.11 Å². The summed E-state index contributed by atoms with van der Waals surface area (Å²) in [6.07, 6.45) is 0. The Morgan fingerprint density at radius 3 is 1.49 bits per heavy atom. The lowest BCUT2D eigenvalue weighted by molar-refractivity contribution is 0.0680. The average molecular weight is 473 g/mol. The highest BCUT2D eigenvalue weighted by atomic mass is 16.5. The van der Waals surface area contributed by atoms with Gasteiger partial charge in [0.1, 0.15) is 19.0 Å². The third-order valence-corrected chi connectivity index (χ3v) is 5.27. The minimum Gasteiger partial charge on any atom is -0.497 e. The molecule has 0 bridgehead atoms. The number of carbonyl (C=O) groups is 2. The van der Waals surface area contributed by atoms with Crippen LogP contribution in [0.25, 0.3) is 5.69 Å². The Hall–Kier alpha value is -4.72. The van der Waals surface area contributed by atoms with E-state index >= 15 is 0 Å². The first-order chi connectivity index (χ1) is 17.0. The molecule has 1 heterocycles. The van der Waals surface area contributed by atoms with E-state index < -0.39 is 11.9 Å². The molecule has 8 nitrogen and oxygen atoms in total. The highest BCUT2D eigenvalue weighted by Gasteiger charge is 2.34. The van der Waals surface area contributed by atoms with E-state index in [-0.39, 0.29) is 36.1 Å². The summed E-state index contributed by atoms with van der Waals surface area (Å²) in [5.74, 6) is -2.51. The van der Waals surface area contributed by atoms with Crippen molar-refractivity contribution >= 4 is 11.9 Å². The smallest absolute Gasteiger partial charge is 0.356 e. The van der Waals surface area contributed by atoms with E-state index in [1.54, 1.807) is 24.3 Å². The molecule has 0 aliphatic heterocycles. The van der Waals surface area contributed by atoms with Gasteiger partial charge in [0.2, 0.25) is 0 Å². The molecule has 0 spiro atoms. The fourth-order valence-electron chi connectivity index (χ4n) is 3.63. The summed E-state index contributed by atoms with van der Waals surface area (Å²) in [4.78, 5) is 24.9. The molecule has 1 aromatic heterocycles. The zero-order valence-corrected chi connectivity index (χ0v) is 18.9. The van der Waals surface area contributed by atoms with Gasteiger partial charge < -0.3 is 24.4 Å². The number of carboxylic acids is 2. The summed E-state index contributed by atoms with van der Waals surface area (Å²) >= 11 is 0. The lowest BCUT2D eigenvalue weighted by Gasteiger charge is -2.11. The molecule has 2 N–H and O–H groups in total. The molecule has 4 rings (SSSR count). The lowest BCUT2D eigenvalue weighted by atomic mass is 10.2. The average Bonchev–Trinajstić information content (AvgIpc) is 3.22. The van der Waals surface area contributed by atoms with Gasteiger partial charge in [-0.15, -0.1) is 0 Å². The number of carboxylic acid groups (broad SMARTS) is 2. The molecule has 0 atom stereocenters. The number of ether oxygens (including phenoxy) is 3. The van der Waals surface area contributed by atoms with Crippen molar-refractivity contribution in [1.29, 1.82) is 0 Å². The molecule has 3 aromatic carbocycles. The van der Waals surface area contributed by atoms with Gasteiger partial charge in [-0.3, -0.25) is 4.57 Å². The highest BCUT2D eigenvalue weighted by molar-refractivity contribution is 5.99. The van der Waals surface area contributed by atoms with Gasteiger partial charge >= 0.3 is 11.9 Å². The molecule has 0 fully saturated rings. The van der Waals surface area contributed by atoms with E-state index in [9.17, 15) is 19.8 Å². The van der Waals surface area contributed by atoms with Crippen LogP contribution < -0.4 is 14.2 Å². The number of aromatic carboxylic acids is 2. The molecule has 35 heavy (non-hydrogen) atoms. The summed E-state index contributed by atoms with van der Waals surface area (Å²) in [5, 5.41) is 20.3. The Labute approximate surface area is 201 Å². The summed E-state index contributed by atoms with van der Waals surface area (Å²) in [5.41, 5.74) is 1.16. The monoisotopic (exact) mass is 473 g/mol. The molecule has 178 valence electrons. The van der Waals surface area contributed by atoms with Crippen LogP contribution in [-0.4, -0.2) is 33.8 Å². The van der Waals surface area contributed by atoms with E-state index in [2.05, 4.69) is 0 Å². The predicted molar refractivity (Wildman–Crippen MR) is 128 cm³/mol. The van der Waals surface area contributed by atoms with Crippen LogP contribution in [0.2, 0.25) is 0 Å². The van der Waals surface area contributed by atoms with Crippen molar-refractivity contribution < 1.29 is 34.0 Å². The van der Waals surface area contributed by atoms with Crippen LogP contribution in [0.5, 0.6) is 17.2 Å². The first kappa shape index (κ1) is 23.4. The van der Waals surface area contributed by atoms with Gasteiger partial charge in [-0.25, -0.2) is 9.59 Å². The number of hydrogen-bond donors (Lipinski definition) is 2. The maximum atomic E-state index is 12.4. The second kappa shape index (κ2) is 10.5. The molecular formula is C27H23NO7. The quantitative estimate of drug-likeness (QED) is 0.332. The Morgan fingerprint density at radius 2 is 1.11 bits per heavy atom. The van der Waals surface area contributed by atoms with Crippen LogP contribution in [0.4, 0.5) is 0 Å². The Balaban J connectivity index is 1.87. The normalized spacial score (nSPS) is 10.5. The van der Waals surface area contributed by atoms with Crippen molar-refractivity contribution in [1.82, 2.24) is 4.57 Å². The summed E-state index contributed by atoms with van der Waals surface area (Å²) in [6.45, 7) is 0.0446. The third kappa shape index (κ3) is 5.11. The molecule has 0 saturated carbocycles. The molecule has 0 aliphatic rings. The predicted octanol–water partition coefficient (Wildman–Crippen LogP) is 5.04. The van der Waals surface area contributed by atoms with Crippen molar-refractivity contribution in [2.24, 2.45) is 0 Å². The van der Waals surface area contributed by atoms with Gasteiger partial charge in [0, 0.05) is 5.69 Å². The second-order valence-corrected chi connectivity index (χ2v) is 7.55. The fraction of sp³-hybridized carbons (Fsp3) is 0.111. The van der Waals surface area contributed by atoms with E-state index in [1.807, 2.05) is 60.7 Å². The Morgan fingerprint density at radius 1 is 0.686 bits per heavy atom. The minimum atomic E-state index is -1.36. The number of aromatic nitrogens is 1. The maximum Gasteiger partial charge on any atom is 0.356 e. The molecule has 8 heteroatoms. The van der Waals surface area contributed by atoms with Gasteiger partial charge in [-0.1, -0.05) is 60.7 Å². The van der Waals surface area contributed by atoms with Crippen molar-refractivity contribution in [3.8, 4) is 22.9 Å². The van der Waals surface area contributed by atoms with Gasteiger partial charge in [0.05, 0.1) is 7.11 Å². The molecule has 0 radical (unpaired) electrons. The van der Waals surface area contributed by atoms with E-state index in [0.29, 0.717) is 11.4 Å². The molecule has 0 aliphatic carbocycles. The number of benzene rings is 3. The van der Waals surface area contributed by atoms with Crippen molar-refractivity contribution in [2.75, 3.05) is 7.11 Å². The van der Waals surface area contributed by atoms with Crippen molar-refractivity contribution in [3.63, 3.8) is 0 Å². The largest absolute Gasteiger partial charge is 0.497 e. The SMILES string of the molecule is COc1ccc(-n2c(C(=O)O)c(OCc3ccccc3)c(OCc3ccccc3)c2C(=O)O)cc1. The molecular weight excluding hydrogens is 450 g/mol. The van der Waals surface area contributed by atoms with Crippen molar-refractivity contribution in [2.45, 2.75) is 13.2 Å². The van der Waals surface area contributed by atoms with Crippen LogP contribution in [0, 0.1) is 0 Å². The maximum absolute atomic E-state index is 12.4. The zero-order valence-electron chi connectivity index (χ0n) is 18.9. The topological polar surface area (TPSA) is 107 Å². The van der Waals surface area contributed by atoms with E-state index in [0.717, 1.165) is 15.7 Å². The van der Waals surface area contributed by atoms with E-state index in [4.69, 9.17) is 14.2 Å². The third-order valence-electron chi connectivity index (χ3n) is 5.27. The lowest BCUT2D eigenvalue weighted by Crippen LogP contribution is -2.13. The van der Waals surface area contributed by atoms with Crippen LogP contribution >= 0.6 is 0 Å². The van der Waals surface area contributed by atoms with Crippen LogP contribution in [0.1, 0.15) is 32.1 Å². The number of hydrogen-bond acceptors (Lipinski definition) is 5. The second-order valence-electron chi connectivity index (χ2n) is 7.55. The number of rotatable bonds is 10. The van der Waals surface area contributed by atoms with Crippen LogP contribution in [0.3, 0.4) is 0 Å². The fourth-order valence-corrected chi connectivity index (χ4v) is 3.63. The van der Waals surface area contributed by atoms with Gasteiger partial charge in [0.15, 0.2) is 22.9 Å². The summed E-state index contributed by atoms with van der Waals surface area (Å²) in [7, 11) is 1.50. The molecule has 4 aromatic rings. The van der Waals surface area contributed by atoms with Gasteiger partial charge in [0.25, 0.3) is 0 Å². The molecule has 0 amide bonds. The minimum absolute atomic E-state index is 0.0223. The molecule has 0 saturated heterocycles. The standard InChI is InChI=1S/C27H23NO7/c1-33-21-14-12-20(13-15-21)28-22(26(29)30)24(34-16-18-8-4-2-5-9-18)25(23(28)27(31)32)35-17-19-10-6-3-7-11-19/h2-15H,16-17H2,1H3,(H,29,30)(H,31,32). The Bertz CT molecular complexity index is 1230. The summed E-state index contributed by atoms with van der Waals surface area (Å²) < 4.78 is 18.1. The van der Waals surface area contributed by atoms with Crippen LogP contribution in [0.15, 0.2) is 84.9 Å². The van der Waals surface area contributed by atoms with Gasteiger partial charge in [-0.05, 0) is 35.4 Å². The van der Waals surface area contributed by atoms with Crippen LogP contribution in [-0.2, 0) is 13.2 Å². The van der Waals surface area contributed by atoms with Gasteiger partial charge in [-0.2, -0.15) is 0 Å². The van der Waals surface area contributed by atoms with Crippen molar-refractivity contribution in [3.05, 3.63) is 107 Å². The zero-order chi connectivity index (χ0) is 24.8. The highest BCUT2D eigenvalue weighted by Crippen LogP contribution is 2.41.